The minimum atomic E-state index is 0.600. The van der Waals surface area contributed by atoms with Crippen LogP contribution in [0.4, 0.5) is 0 Å². The number of allylic oxidation sites excluding steroid dienone is 1. The normalized spacial score (nSPS) is 20.0. The maximum Gasteiger partial charge on any atom is 0.119 e. The van der Waals surface area contributed by atoms with E-state index in [-0.39, 0.29) is 0 Å². The van der Waals surface area contributed by atoms with Gasteiger partial charge in [-0.2, -0.15) is 0 Å². The zero-order valence-corrected chi connectivity index (χ0v) is 13.5. The molecule has 1 aliphatic carbocycles. The lowest BCUT2D eigenvalue weighted by Crippen LogP contribution is -2.33. The summed E-state index contributed by atoms with van der Waals surface area (Å²) in [5, 5.41) is 3.75. The van der Waals surface area contributed by atoms with Gasteiger partial charge in [-0.15, -0.1) is 6.58 Å². The van der Waals surface area contributed by atoms with Crippen molar-refractivity contribution in [1.82, 2.24) is 5.32 Å². The summed E-state index contributed by atoms with van der Waals surface area (Å²) in [6.45, 7) is 7.18. The van der Waals surface area contributed by atoms with E-state index in [1.807, 2.05) is 6.08 Å². The molecule has 1 aromatic rings. The van der Waals surface area contributed by atoms with Gasteiger partial charge < -0.3 is 10.1 Å². The fourth-order valence-corrected chi connectivity index (χ4v) is 3.04. The lowest BCUT2D eigenvalue weighted by atomic mass is 9.90. The summed E-state index contributed by atoms with van der Waals surface area (Å²) >= 11 is 0. The Bertz CT molecular complexity index is 455. The second-order valence-electron chi connectivity index (χ2n) is 6.24. The standard InChI is InChI=1S/C19H29NO/c1-4-15(2)11-12-20-18-8-6-5-7-16-14-19(21-3)10-9-17(16)13-18/h4,9-10,14-15,18,20H,1,5-8,11-13H2,2-3H3. The summed E-state index contributed by atoms with van der Waals surface area (Å²) in [6.07, 6.45) is 9.42. The molecular weight excluding hydrogens is 258 g/mol. The van der Waals surface area contributed by atoms with Crippen LogP contribution in [0.2, 0.25) is 0 Å². The fraction of sp³-hybridized carbons (Fsp3) is 0.579. The minimum Gasteiger partial charge on any atom is -0.497 e. The van der Waals surface area contributed by atoms with Crippen LogP contribution in [0.15, 0.2) is 30.9 Å². The van der Waals surface area contributed by atoms with Gasteiger partial charge in [0.1, 0.15) is 5.75 Å². The number of aryl methyl sites for hydroxylation is 1. The molecule has 116 valence electrons. The van der Waals surface area contributed by atoms with E-state index in [0.29, 0.717) is 12.0 Å². The van der Waals surface area contributed by atoms with Crippen LogP contribution in [0.5, 0.6) is 5.75 Å². The molecule has 21 heavy (non-hydrogen) atoms. The van der Waals surface area contributed by atoms with Crippen molar-refractivity contribution in [2.45, 2.75) is 51.5 Å². The van der Waals surface area contributed by atoms with Gasteiger partial charge in [-0.3, -0.25) is 0 Å². The first-order chi connectivity index (χ1) is 10.2. The van der Waals surface area contributed by atoms with Crippen LogP contribution in [0, 0.1) is 5.92 Å². The van der Waals surface area contributed by atoms with Crippen molar-refractivity contribution >= 4 is 0 Å². The van der Waals surface area contributed by atoms with Crippen LogP contribution < -0.4 is 10.1 Å². The highest BCUT2D eigenvalue weighted by atomic mass is 16.5. The lowest BCUT2D eigenvalue weighted by molar-refractivity contribution is 0.411. The molecule has 0 bridgehead atoms. The highest BCUT2D eigenvalue weighted by Crippen LogP contribution is 2.24. The molecule has 0 fully saturated rings. The van der Waals surface area contributed by atoms with E-state index in [1.165, 1.54) is 43.2 Å². The third-order valence-electron chi connectivity index (χ3n) is 4.56. The molecule has 0 heterocycles. The monoisotopic (exact) mass is 287 g/mol. The van der Waals surface area contributed by atoms with Crippen LogP contribution in [0.25, 0.3) is 0 Å². The molecule has 0 saturated heterocycles. The van der Waals surface area contributed by atoms with Crippen molar-refractivity contribution in [3.63, 3.8) is 0 Å². The Labute approximate surface area is 129 Å². The average molecular weight is 287 g/mol. The Morgan fingerprint density at radius 3 is 3.00 bits per heavy atom. The van der Waals surface area contributed by atoms with Gasteiger partial charge in [-0.1, -0.05) is 25.5 Å². The molecule has 2 nitrogen and oxygen atoms in total. The number of benzene rings is 1. The second kappa shape index (κ2) is 8.23. The predicted octanol–water partition coefficient (Wildman–Crippen LogP) is 4.13. The zero-order valence-electron chi connectivity index (χ0n) is 13.5. The van der Waals surface area contributed by atoms with E-state index in [9.17, 15) is 0 Å². The Morgan fingerprint density at radius 1 is 1.38 bits per heavy atom. The fourth-order valence-electron chi connectivity index (χ4n) is 3.04. The predicted molar refractivity (Wildman–Crippen MR) is 90.0 cm³/mol. The van der Waals surface area contributed by atoms with Gasteiger partial charge in [0.05, 0.1) is 7.11 Å². The SMILES string of the molecule is C=CC(C)CCNC1CCCCc2cc(OC)ccc2C1. The number of hydrogen-bond donors (Lipinski definition) is 1. The first-order valence-corrected chi connectivity index (χ1v) is 8.24. The molecule has 0 spiro atoms. The largest absolute Gasteiger partial charge is 0.497 e. The molecule has 2 heteroatoms. The first-order valence-electron chi connectivity index (χ1n) is 8.24. The third kappa shape index (κ3) is 4.89. The molecule has 2 unspecified atom stereocenters. The molecule has 2 atom stereocenters. The Morgan fingerprint density at radius 2 is 2.24 bits per heavy atom. The van der Waals surface area contributed by atoms with Crippen LogP contribution in [-0.2, 0) is 12.8 Å². The van der Waals surface area contributed by atoms with Crippen molar-refractivity contribution in [2.24, 2.45) is 5.92 Å². The van der Waals surface area contributed by atoms with Gasteiger partial charge in [-0.05, 0) is 67.8 Å². The molecule has 0 aromatic heterocycles. The number of rotatable bonds is 6. The van der Waals surface area contributed by atoms with E-state index in [4.69, 9.17) is 4.74 Å². The summed E-state index contributed by atoms with van der Waals surface area (Å²) in [4.78, 5) is 0. The van der Waals surface area contributed by atoms with Crippen LogP contribution >= 0.6 is 0 Å². The van der Waals surface area contributed by atoms with Crippen molar-refractivity contribution in [3.8, 4) is 5.75 Å². The third-order valence-corrected chi connectivity index (χ3v) is 4.56. The Kier molecular flexibility index (Phi) is 6.31. The van der Waals surface area contributed by atoms with Crippen LogP contribution in [-0.4, -0.2) is 19.7 Å². The van der Waals surface area contributed by atoms with Gasteiger partial charge >= 0.3 is 0 Å². The lowest BCUT2D eigenvalue weighted by Gasteiger charge is -2.24. The topological polar surface area (TPSA) is 21.3 Å². The summed E-state index contributed by atoms with van der Waals surface area (Å²) in [5.74, 6) is 1.58. The number of nitrogens with one attached hydrogen (secondary N) is 1. The molecule has 1 N–H and O–H groups in total. The van der Waals surface area contributed by atoms with Crippen molar-refractivity contribution < 1.29 is 4.74 Å². The van der Waals surface area contributed by atoms with Crippen molar-refractivity contribution in [1.29, 1.82) is 0 Å². The average Bonchev–Trinajstić information content (AvgIpc) is 2.49. The van der Waals surface area contributed by atoms with E-state index < -0.39 is 0 Å². The van der Waals surface area contributed by atoms with Crippen molar-refractivity contribution in [3.05, 3.63) is 42.0 Å². The maximum absolute atomic E-state index is 5.36. The highest BCUT2D eigenvalue weighted by Gasteiger charge is 2.15. The van der Waals surface area contributed by atoms with Gasteiger partial charge in [0.2, 0.25) is 0 Å². The maximum atomic E-state index is 5.36. The summed E-state index contributed by atoms with van der Waals surface area (Å²) in [7, 11) is 1.75. The van der Waals surface area contributed by atoms with E-state index >= 15 is 0 Å². The minimum absolute atomic E-state index is 0.600. The summed E-state index contributed by atoms with van der Waals surface area (Å²) in [6, 6.07) is 7.17. The molecule has 0 radical (unpaired) electrons. The van der Waals surface area contributed by atoms with Gasteiger partial charge in [-0.25, -0.2) is 0 Å². The molecule has 1 aromatic carbocycles. The van der Waals surface area contributed by atoms with Gasteiger partial charge in [0.15, 0.2) is 0 Å². The number of methoxy groups -OCH3 is 1. The van der Waals surface area contributed by atoms with E-state index in [2.05, 4.69) is 37.0 Å². The Hall–Kier alpha value is -1.28. The summed E-state index contributed by atoms with van der Waals surface area (Å²) in [5.41, 5.74) is 2.96. The van der Waals surface area contributed by atoms with Crippen LogP contribution in [0.1, 0.15) is 43.7 Å². The smallest absolute Gasteiger partial charge is 0.119 e. The molecule has 0 aliphatic heterocycles. The van der Waals surface area contributed by atoms with E-state index in [0.717, 1.165) is 18.7 Å². The molecule has 0 amide bonds. The summed E-state index contributed by atoms with van der Waals surface area (Å²) < 4.78 is 5.36. The number of fused-ring (bicyclic) bond motifs is 1. The van der Waals surface area contributed by atoms with Crippen LogP contribution in [0.3, 0.4) is 0 Å². The first kappa shape index (κ1) is 16.1. The van der Waals surface area contributed by atoms with E-state index in [1.54, 1.807) is 7.11 Å². The molecule has 1 aliphatic rings. The van der Waals surface area contributed by atoms with Crippen molar-refractivity contribution in [2.75, 3.05) is 13.7 Å². The van der Waals surface area contributed by atoms with Gasteiger partial charge in [0, 0.05) is 6.04 Å². The molecular formula is C19H29NO. The Balaban J connectivity index is 1.97. The quantitative estimate of drug-likeness (QED) is 0.794. The number of ether oxygens (including phenoxy) is 1. The zero-order chi connectivity index (χ0) is 15.1. The second-order valence-corrected chi connectivity index (χ2v) is 6.24. The molecule has 2 rings (SSSR count). The van der Waals surface area contributed by atoms with Gasteiger partial charge in [0.25, 0.3) is 0 Å². The highest BCUT2D eigenvalue weighted by molar-refractivity contribution is 5.36. The molecule has 0 saturated carbocycles. The number of hydrogen-bond acceptors (Lipinski definition) is 2.